The van der Waals surface area contributed by atoms with Gasteiger partial charge >= 0.3 is 0 Å². The van der Waals surface area contributed by atoms with Gasteiger partial charge in [-0.15, -0.1) is 0 Å². The Labute approximate surface area is 254 Å². The van der Waals surface area contributed by atoms with E-state index in [0.29, 0.717) is 41.0 Å². The Hall–Kier alpha value is -4.04. The Balaban J connectivity index is 1.41. The summed E-state index contributed by atoms with van der Waals surface area (Å²) in [6, 6.07) is 6.13. The number of piperazine rings is 1. The topological polar surface area (TPSA) is 131 Å². The molecule has 5 heterocycles. The molecule has 7 rings (SSSR count). The number of benzene rings is 2. The standard InChI is InChI=1S/C32H32ClN5O5/c1-14-8-17-9-20-22(11-34)38-21(26(37(20)4)24(17)28(40)15(14)2)10-19-25(30-29(42-13-43-30)16(3)27(19)39)23(38)12-36-32(41)18-6-5-7-35-31(18)33/h5-8,20-23,26,39-40H,9-10,12-13H2,1-4H3,(H,36,41)/t20-,21?,22-,23-,26+/m0/s1. The maximum Gasteiger partial charge on any atom is 0.254 e. The van der Waals surface area contributed by atoms with Crippen molar-refractivity contribution in [1.82, 2.24) is 20.1 Å². The highest BCUT2D eigenvalue weighted by atomic mass is 35.5. The highest BCUT2D eigenvalue weighted by molar-refractivity contribution is 6.32. The summed E-state index contributed by atoms with van der Waals surface area (Å²) in [5, 5.41) is 36.9. The van der Waals surface area contributed by atoms with E-state index in [0.717, 1.165) is 22.3 Å². The number of amides is 1. The molecule has 10 nitrogen and oxygen atoms in total. The molecule has 0 saturated carbocycles. The smallest absolute Gasteiger partial charge is 0.254 e. The van der Waals surface area contributed by atoms with Crippen molar-refractivity contribution >= 4 is 17.5 Å². The second-order valence-electron chi connectivity index (χ2n) is 11.9. The van der Waals surface area contributed by atoms with Gasteiger partial charge in [-0.3, -0.25) is 14.6 Å². The van der Waals surface area contributed by atoms with Crippen molar-refractivity contribution in [2.75, 3.05) is 20.4 Å². The number of ether oxygens (including phenoxy) is 2. The number of pyridine rings is 1. The Kier molecular flexibility index (Phi) is 6.47. The minimum absolute atomic E-state index is 0.00933. The van der Waals surface area contributed by atoms with Crippen LogP contribution in [0.1, 0.15) is 61.4 Å². The summed E-state index contributed by atoms with van der Waals surface area (Å²) >= 11 is 6.24. The first kappa shape index (κ1) is 27.8. The van der Waals surface area contributed by atoms with E-state index in [-0.39, 0.29) is 53.7 Å². The number of phenols is 2. The summed E-state index contributed by atoms with van der Waals surface area (Å²) in [6.07, 6.45) is 2.51. The highest BCUT2D eigenvalue weighted by Crippen LogP contribution is 2.57. The molecule has 1 fully saturated rings. The molecule has 3 aromatic rings. The largest absolute Gasteiger partial charge is 0.507 e. The Morgan fingerprint density at radius 1 is 1.14 bits per heavy atom. The second-order valence-corrected chi connectivity index (χ2v) is 12.3. The number of hydrogen-bond donors (Lipinski definition) is 3. The zero-order chi connectivity index (χ0) is 30.3. The molecule has 5 atom stereocenters. The van der Waals surface area contributed by atoms with Gasteiger partial charge in [0.05, 0.1) is 23.7 Å². The van der Waals surface area contributed by atoms with Crippen molar-refractivity contribution in [1.29, 1.82) is 5.26 Å². The number of nitriles is 1. The predicted molar refractivity (Wildman–Crippen MR) is 158 cm³/mol. The van der Waals surface area contributed by atoms with Crippen molar-refractivity contribution in [2.45, 2.75) is 63.8 Å². The van der Waals surface area contributed by atoms with Gasteiger partial charge in [0.15, 0.2) is 11.5 Å². The van der Waals surface area contributed by atoms with Crippen LogP contribution in [0.4, 0.5) is 0 Å². The lowest BCUT2D eigenvalue weighted by atomic mass is 9.71. The fraction of sp³-hybridized carbons (Fsp3) is 0.406. The number of phenolic OH excluding ortho intramolecular Hbond substituents is 2. The number of halogens is 1. The van der Waals surface area contributed by atoms with E-state index in [1.54, 1.807) is 19.1 Å². The molecule has 2 aromatic carbocycles. The lowest BCUT2D eigenvalue weighted by Crippen LogP contribution is -2.68. The summed E-state index contributed by atoms with van der Waals surface area (Å²) in [7, 11) is 2.01. The van der Waals surface area contributed by atoms with E-state index in [1.165, 1.54) is 6.20 Å². The molecule has 11 heteroatoms. The van der Waals surface area contributed by atoms with Crippen molar-refractivity contribution in [2.24, 2.45) is 0 Å². The van der Waals surface area contributed by atoms with E-state index >= 15 is 0 Å². The van der Waals surface area contributed by atoms with Gasteiger partial charge in [-0.05, 0) is 69.5 Å². The summed E-state index contributed by atoms with van der Waals surface area (Å²) in [5.41, 5.74) is 5.97. The van der Waals surface area contributed by atoms with Crippen molar-refractivity contribution in [3.8, 4) is 29.1 Å². The molecule has 1 unspecified atom stereocenters. The van der Waals surface area contributed by atoms with Crippen molar-refractivity contribution in [3.05, 3.63) is 74.1 Å². The van der Waals surface area contributed by atoms with Gasteiger partial charge in [0.1, 0.15) is 22.7 Å². The molecular formula is C32H32ClN5O5. The quantitative estimate of drug-likeness (QED) is 0.381. The molecule has 4 aliphatic heterocycles. The predicted octanol–water partition coefficient (Wildman–Crippen LogP) is 4.00. The van der Waals surface area contributed by atoms with E-state index in [2.05, 4.69) is 32.2 Å². The molecule has 2 bridgehead atoms. The fourth-order valence-corrected chi connectivity index (χ4v) is 7.95. The molecule has 0 radical (unpaired) electrons. The number of nitrogens with one attached hydrogen (secondary N) is 1. The van der Waals surface area contributed by atoms with E-state index in [1.807, 2.05) is 20.9 Å². The van der Waals surface area contributed by atoms with Gasteiger partial charge in [-0.2, -0.15) is 5.26 Å². The zero-order valence-corrected chi connectivity index (χ0v) is 25.1. The molecular weight excluding hydrogens is 570 g/mol. The first-order valence-electron chi connectivity index (χ1n) is 14.4. The number of aromatic nitrogens is 1. The summed E-state index contributed by atoms with van der Waals surface area (Å²) in [5.74, 6) is 0.984. The second kappa shape index (κ2) is 10.0. The summed E-state index contributed by atoms with van der Waals surface area (Å²) in [4.78, 5) is 21.7. The number of aromatic hydroxyl groups is 2. The van der Waals surface area contributed by atoms with Crippen LogP contribution in [0.25, 0.3) is 0 Å². The van der Waals surface area contributed by atoms with Crippen LogP contribution >= 0.6 is 11.6 Å². The first-order chi connectivity index (χ1) is 20.6. The number of hydrogen-bond acceptors (Lipinski definition) is 9. The highest BCUT2D eigenvalue weighted by Gasteiger charge is 2.56. The number of aryl methyl sites for hydroxylation is 1. The third-order valence-electron chi connectivity index (χ3n) is 9.92. The average molecular weight is 602 g/mol. The Morgan fingerprint density at radius 2 is 1.91 bits per heavy atom. The monoisotopic (exact) mass is 601 g/mol. The van der Waals surface area contributed by atoms with Crippen LogP contribution in [0.15, 0.2) is 24.4 Å². The number of carbonyl (C=O) groups excluding carboxylic acids is 1. The lowest BCUT2D eigenvalue weighted by Gasteiger charge is -2.60. The van der Waals surface area contributed by atoms with Crippen LogP contribution in [0.3, 0.4) is 0 Å². The number of likely N-dealkylation sites (N-methyl/N-ethyl adjacent to an activating group) is 1. The van der Waals surface area contributed by atoms with Crippen molar-refractivity contribution < 1.29 is 24.5 Å². The number of carbonyl (C=O) groups is 1. The van der Waals surface area contributed by atoms with Crippen LogP contribution in [-0.2, 0) is 12.8 Å². The average Bonchev–Trinajstić information content (AvgIpc) is 3.48. The number of fused-ring (bicyclic) bond motifs is 9. The Morgan fingerprint density at radius 3 is 2.65 bits per heavy atom. The van der Waals surface area contributed by atoms with Gasteiger partial charge in [0, 0.05) is 47.1 Å². The van der Waals surface area contributed by atoms with Crippen LogP contribution in [0.5, 0.6) is 23.0 Å². The third kappa shape index (κ3) is 3.92. The van der Waals surface area contributed by atoms with Crippen LogP contribution in [0, 0.1) is 32.1 Å². The number of nitrogens with zero attached hydrogens (tertiary/aromatic N) is 4. The van der Waals surface area contributed by atoms with E-state index < -0.39 is 18.0 Å². The van der Waals surface area contributed by atoms with Crippen molar-refractivity contribution in [3.63, 3.8) is 0 Å². The molecule has 222 valence electrons. The number of rotatable bonds is 3. The van der Waals surface area contributed by atoms with Gasteiger partial charge in [0.25, 0.3) is 5.91 Å². The molecule has 1 amide bonds. The molecule has 0 aliphatic carbocycles. The summed E-state index contributed by atoms with van der Waals surface area (Å²) < 4.78 is 11.8. The van der Waals surface area contributed by atoms with E-state index in [4.69, 9.17) is 21.1 Å². The molecule has 0 spiro atoms. The third-order valence-corrected chi connectivity index (χ3v) is 10.2. The van der Waals surface area contributed by atoms with Gasteiger partial charge in [0.2, 0.25) is 6.79 Å². The minimum Gasteiger partial charge on any atom is -0.507 e. The molecule has 1 aromatic heterocycles. The van der Waals surface area contributed by atoms with Crippen LogP contribution in [0.2, 0.25) is 5.15 Å². The zero-order valence-electron chi connectivity index (χ0n) is 24.3. The van der Waals surface area contributed by atoms with E-state index in [9.17, 15) is 20.3 Å². The molecule has 4 aliphatic rings. The molecule has 43 heavy (non-hydrogen) atoms. The lowest BCUT2D eigenvalue weighted by molar-refractivity contribution is -0.0720. The van der Waals surface area contributed by atoms with Crippen LogP contribution < -0.4 is 14.8 Å². The molecule has 3 N–H and O–H groups in total. The maximum atomic E-state index is 13.3. The first-order valence-corrected chi connectivity index (χ1v) is 14.7. The van der Waals surface area contributed by atoms with Crippen LogP contribution in [-0.4, -0.2) is 69.4 Å². The normalized spacial score (nSPS) is 25.3. The van der Waals surface area contributed by atoms with Gasteiger partial charge in [-0.25, -0.2) is 4.98 Å². The van der Waals surface area contributed by atoms with Gasteiger partial charge < -0.3 is 25.0 Å². The van der Waals surface area contributed by atoms with Gasteiger partial charge in [-0.1, -0.05) is 17.7 Å². The minimum atomic E-state index is -0.554. The molecule has 1 saturated heterocycles. The maximum absolute atomic E-state index is 13.3. The fourth-order valence-electron chi connectivity index (χ4n) is 7.75. The SMILES string of the molecule is Cc1cc2c(c(O)c1C)[C@H]1C3Cc4c(O)c(C)c5c(c4[C@H](CNC(=O)c4cccnc4Cl)N3[C@@H](C#N)[C@H](C2)N1C)OCO5. The Bertz CT molecular complexity index is 1740. The summed E-state index contributed by atoms with van der Waals surface area (Å²) in [6.45, 7) is 5.83.